The van der Waals surface area contributed by atoms with Crippen molar-refractivity contribution in [1.29, 1.82) is 0 Å². The van der Waals surface area contributed by atoms with E-state index in [1.54, 1.807) is 6.20 Å². The molecule has 0 aliphatic carbocycles. The fourth-order valence-electron chi connectivity index (χ4n) is 3.57. The van der Waals surface area contributed by atoms with E-state index in [4.69, 9.17) is 31.3 Å². The summed E-state index contributed by atoms with van der Waals surface area (Å²) in [5, 5.41) is 7.12. The van der Waals surface area contributed by atoms with Crippen molar-refractivity contribution in [3.05, 3.63) is 90.8 Å². The molecule has 0 fully saturated rings. The molecule has 0 aliphatic heterocycles. The van der Waals surface area contributed by atoms with Crippen molar-refractivity contribution < 1.29 is 23.1 Å². The van der Waals surface area contributed by atoms with Gasteiger partial charge in [0.1, 0.15) is 11.3 Å². The monoisotopic (exact) mass is 506 g/mol. The number of aliphatic carboxylic acids is 1. The number of nitrogens with zero attached hydrogens (tertiary/aromatic N) is 4. The molecule has 0 radical (unpaired) electrons. The lowest BCUT2D eigenvalue weighted by molar-refractivity contribution is -0.192. The summed E-state index contributed by atoms with van der Waals surface area (Å²) in [4.78, 5) is 22.8. The number of nitrogen functional groups attached to an aromatic ring is 1. The highest BCUT2D eigenvalue weighted by Gasteiger charge is 2.38. The van der Waals surface area contributed by atoms with Gasteiger partial charge < -0.3 is 16.6 Å². The average molecular weight is 506 g/mol. The summed E-state index contributed by atoms with van der Waals surface area (Å²) in [5.41, 5.74) is 18.4. The zero-order valence-electron chi connectivity index (χ0n) is 19.2. The summed E-state index contributed by atoms with van der Waals surface area (Å²) < 4.78 is 33.7. The molecule has 2 aromatic carbocycles. The number of pyridine rings is 2. The number of carbonyl (C=O) groups is 1. The summed E-state index contributed by atoms with van der Waals surface area (Å²) in [6.07, 6.45) is -1.53. The molecule has 0 aliphatic rings. The van der Waals surface area contributed by atoms with Crippen LogP contribution in [0.15, 0.2) is 85.2 Å². The van der Waals surface area contributed by atoms with E-state index in [0.717, 1.165) is 39.1 Å². The lowest BCUT2D eigenvalue weighted by Crippen LogP contribution is -2.21. The van der Waals surface area contributed by atoms with Crippen molar-refractivity contribution in [3.63, 3.8) is 0 Å². The van der Waals surface area contributed by atoms with Crippen LogP contribution in [-0.2, 0) is 11.3 Å². The first-order valence-corrected chi connectivity index (χ1v) is 10.9. The van der Waals surface area contributed by atoms with Crippen LogP contribution in [0.1, 0.15) is 5.56 Å². The normalized spacial score (nSPS) is 11.1. The van der Waals surface area contributed by atoms with Crippen molar-refractivity contribution in [1.82, 2.24) is 19.5 Å². The Balaban J connectivity index is 0.000000405. The topological polar surface area (TPSA) is 133 Å². The first-order valence-electron chi connectivity index (χ1n) is 10.9. The standard InChI is InChI=1S/C24H20N6.C2HF3O2/c25-14-16-8-10-19(11-9-16)30-23(20-7-4-12-27-22(20)26)29-21-13-18(15-28-24(21)30)17-5-2-1-3-6-17;3-2(4,5)1(6)7/h1-13,15H,14,25H2,(H2,26,27);(H,6,7). The quantitative estimate of drug-likeness (QED) is 0.318. The lowest BCUT2D eigenvalue weighted by Gasteiger charge is -2.11. The van der Waals surface area contributed by atoms with Gasteiger partial charge in [-0.3, -0.25) is 4.57 Å². The zero-order valence-corrected chi connectivity index (χ0v) is 19.2. The number of hydrogen-bond donors (Lipinski definition) is 3. The SMILES string of the molecule is NCc1ccc(-n2c(-c3cccnc3N)nc3cc(-c4ccccc4)cnc32)cc1.O=C(O)C(F)(F)F. The van der Waals surface area contributed by atoms with Crippen LogP contribution in [0.2, 0.25) is 0 Å². The Kier molecular flexibility index (Phi) is 7.16. The van der Waals surface area contributed by atoms with Gasteiger partial charge >= 0.3 is 12.1 Å². The van der Waals surface area contributed by atoms with E-state index < -0.39 is 12.1 Å². The van der Waals surface area contributed by atoms with Crippen molar-refractivity contribution >= 4 is 23.0 Å². The van der Waals surface area contributed by atoms with Gasteiger partial charge in [0.2, 0.25) is 0 Å². The van der Waals surface area contributed by atoms with E-state index in [9.17, 15) is 13.2 Å². The van der Waals surface area contributed by atoms with Crippen LogP contribution in [0.25, 0.3) is 39.4 Å². The predicted molar refractivity (Wildman–Crippen MR) is 134 cm³/mol. The van der Waals surface area contributed by atoms with Gasteiger partial charge in [-0.1, -0.05) is 42.5 Å². The Hall–Kier alpha value is -4.77. The number of rotatable bonds is 4. The van der Waals surface area contributed by atoms with Gasteiger partial charge in [0.05, 0.1) is 5.56 Å². The van der Waals surface area contributed by atoms with Gasteiger partial charge in [0.15, 0.2) is 11.5 Å². The predicted octanol–water partition coefficient (Wildman–Crippen LogP) is 4.82. The number of alkyl halides is 3. The van der Waals surface area contributed by atoms with Gasteiger partial charge in [-0.25, -0.2) is 19.7 Å². The molecule has 8 nitrogen and oxygen atoms in total. The van der Waals surface area contributed by atoms with Crippen LogP contribution in [0.5, 0.6) is 0 Å². The van der Waals surface area contributed by atoms with E-state index in [1.165, 1.54) is 0 Å². The highest BCUT2D eigenvalue weighted by molar-refractivity contribution is 5.85. The minimum absolute atomic E-state index is 0.427. The number of carboxylic acid groups (broad SMARTS) is 1. The number of aromatic nitrogens is 4. The minimum atomic E-state index is -5.08. The molecule has 5 N–H and O–H groups in total. The minimum Gasteiger partial charge on any atom is -0.475 e. The second-order valence-corrected chi connectivity index (χ2v) is 7.81. The van der Waals surface area contributed by atoms with Gasteiger partial charge in [0, 0.05) is 30.2 Å². The fourth-order valence-corrected chi connectivity index (χ4v) is 3.57. The van der Waals surface area contributed by atoms with Crippen molar-refractivity contribution in [2.45, 2.75) is 12.7 Å². The van der Waals surface area contributed by atoms with Crippen LogP contribution >= 0.6 is 0 Å². The molecule has 5 aromatic rings. The molecule has 37 heavy (non-hydrogen) atoms. The van der Waals surface area contributed by atoms with E-state index in [2.05, 4.69) is 23.2 Å². The summed E-state index contributed by atoms with van der Waals surface area (Å²) in [6.45, 7) is 0.492. The molecule has 11 heteroatoms. The van der Waals surface area contributed by atoms with E-state index in [1.807, 2.05) is 65.4 Å². The maximum Gasteiger partial charge on any atom is 0.490 e. The number of hydrogen-bond acceptors (Lipinski definition) is 6. The van der Waals surface area contributed by atoms with E-state index >= 15 is 0 Å². The molecule has 0 spiro atoms. The highest BCUT2D eigenvalue weighted by atomic mass is 19.4. The molecule has 3 aromatic heterocycles. The Morgan fingerprint density at radius 2 is 1.62 bits per heavy atom. The molecular formula is C26H21F3N6O2. The van der Waals surface area contributed by atoms with Crippen molar-refractivity contribution in [2.24, 2.45) is 5.73 Å². The third-order valence-corrected chi connectivity index (χ3v) is 5.36. The van der Waals surface area contributed by atoms with Crippen LogP contribution < -0.4 is 11.5 Å². The Morgan fingerprint density at radius 1 is 0.946 bits per heavy atom. The maximum absolute atomic E-state index is 10.6. The highest BCUT2D eigenvalue weighted by Crippen LogP contribution is 2.32. The van der Waals surface area contributed by atoms with Gasteiger partial charge in [-0.05, 0) is 41.5 Å². The third-order valence-electron chi connectivity index (χ3n) is 5.36. The van der Waals surface area contributed by atoms with Crippen LogP contribution in [0, 0.1) is 0 Å². The number of imidazole rings is 1. The first-order chi connectivity index (χ1) is 17.7. The number of halogens is 3. The summed E-state index contributed by atoms with van der Waals surface area (Å²) in [7, 11) is 0. The lowest BCUT2D eigenvalue weighted by atomic mass is 10.1. The van der Waals surface area contributed by atoms with Crippen LogP contribution in [0.3, 0.4) is 0 Å². The molecule has 0 saturated heterocycles. The number of anilines is 1. The molecule has 5 rings (SSSR count). The second kappa shape index (κ2) is 10.5. The van der Waals surface area contributed by atoms with E-state index in [-0.39, 0.29) is 0 Å². The Morgan fingerprint density at radius 3 is 2.22 bits per heavy atom. The van der Waals surface area contributed by atoms with Gasteiger partial charge in [-0.2, -0.15) is 13.2 Å². The smallest absolute Gasteiger partial charge is 0.475 e. The third kappa shape index (κ3) is 5.57. The number of carboxylic acids is 1. The summed E-state index contributed by atoms with van der Waals surface area (Å²) in [6, 6.07) is 24.0. The number of fused-ring (bicyclic) bond motifs is 1. The average Bonchev–Trinajstić information content (AvgIpc) is 3.28. The van der Waals surface area contributed by atoms with Crippen LogP contribution in [-0.4, -0.2) is 36.8 Å². The maximum atomic E-state index is 10.6. The largest absolute Gasteiger partial charge is 0.490 e. The van der Waals surface area contributed by atoms with Crippen LogP contribution in [0.4, 0.5) is 19.0 Å². The van der Waals surface area contributed by atoms with Gasteiger partial charge in [-0.15, -0.1) is 0 Å². The number of benzene rings is 2. The van der Waals surface area contributed by atoms with Crippen molar-refractivity contribution in [3.8, 4) is 28.2 Å². The zero-order chi connectivity index (χ0) is 26.6. The summed E-state index contributed by atoms with van der Waals surface area (Å²) >= 11 is 0. The molecule has 0 bridgehead atoms. The second-order valence-electron chi connectivity index (χ2n) is 7.81. The fraction of sp³-hybridized carbons (Fsp3) is 0.0769. The summed E-state index contributed by atoms with van der Waals surface area (Å²) in [5.74, 6) is -1.63. The Bertz CT molecular complexity index is 1530. The molecule has 0 amide bonds. The molecule has 0 saturated carbocycles. The molecule has 0 unspecified atom stereocenters. The van der Waals surface area contributed by atoms with E-state index in [0.29, 0.717) is 18.2 Å². The Labute approximate surface area is 209 Å². The molecule has 0 atom stereocenters. The van der Waals surface area contributed by atoms with Gasteiger partial charge in [0.25, 0.3) is 0 Å². The molecular weight excluding hydrogens is 485 g/mol. The van der Waals surface area contributed by atoms with Crippen molar-refractivity contribution in [2.75, 3.05) is 5.73 Å². The first kappa shape index (κ1) is 25.3. The molecule has 188 valence electrons. The molecule has 3 heterocycles. The number of nitrogens with two attached hydrogens (primary N) is 2.